The van der Waals surface area contributed by atoms with Gasteiger partial charge in [-0.15, -0.1) is 0 Å². The van der Waals surface area contributed by atoms with Crippen molar-refractivity contribution in [2.24, 2.45) is 0 Å². The van der Waals surface area contributed by atoms with Gasteiger partial charge >= 0.3 is 0 Å². The van der Waals surface area contributed by atoms with Crippen LogP contribution >= 0.6 is 0 Å². The van der Waals surface area contributed by atoms with Crippen LogP contribution in [0.3, 0.4) is 0 Å². The van der Waals surface area contributed by atoms with Crippen LogP contribution in [0.15, 0.2) is 212 Å². The number of pyridine rings is 2. The van der Waals surface area contributed by atoms with E-state index in [0.29, 0.717) is 0 Å². The molecule has 0 atom stereocenters. The van der Waals surface area contributed by atoms with E-state index in [0.717, 1.165) is 61.1 Å². The topological polar surface area (TPSA) is 30.2 Å². The van der Waals surface area contributed by atoms with Gasteiger partial charge in [-0.1, -0.05) is 188 Å². The Morgan fingerprint density at radius 2 is 0.831 bits per heavy atom. The molecule has 59 heavy (non-hydrogen) atoms. The highest BCUT2D eigenvalue weighted by Crippen LogP contribution is 2.45. The number of nitrogens with zero attached hydrogens (tertiary/aromatic N) is 3. The monoisotopic (exact) mass is 749 g/mol. The van der Waals surface area contributed by atoms with Crippen LogP contribution in [0.5, 0.6) is 0 Å². The van der Waals surface area contributed by atoms with Gasteiger partial charge < -0.3 is 0 Å². The van der Waals surface area contributed by atoms with Crippen molar-refractivity contribution in [3.8, 4) is 56.0 Å². The number of fused-ring (bicyclic) bond motifs is 8. The maximum Gasteiger partial charge on any atom is 0.146 e. The Kier molecular flexibility index (Phi) is 7.54. The molecule has 0 aliphatic carbocycles. The molecule has 3 aromatic heterocycles. The lowest BCUT2D eigenvalue weighted by Gasteiger charge is -2.18. The molecule has 0 aliphatic rings. The van der Waals surface area contributed by atoms with Crippen molar-refractivity contribution >= 4 is 59.6 Å². The molecule has 0 N–H and O–H groups in total. The molecule has 0 radical (unpaired) electrons. The molecular weight excluding hydrogens is 715 g/mol. The van der Waals surface area contributed by atoms with E-state index in [1.165, 1.54) is 54.6 Å². The van der Waals surface area contributed by atoms with Gasteiger partial charge in [-0.25, -0.2) is 9.97 Å². The molecule has 0 fully saturated rings. The molecule has 3 nitrogen and oxygen atoms in total. The van der Waals surface area contributed by atoms with Crippen molar-refractivity contribution in [2.75, 3.05) is 0 Å². The maximum atomic E-state index is 5.53. The summed E-state index contributed by atoms with van der Waals surface area (Å²) < 4.78 is 2.28. The van der Waals surface area contributed by atoms with E-state index >= 15 is 0 Å². The van der Waals surface area contributed by atoms with Crippen molar-refractivity contribution in [3.05, 3.63) is 212 Å². The highest BCUT2D eigenvalue weighted by atomic mass is 15.0. The lowest BCUT2D eigenvalue weighted by molar-refractivity contribution is 1.21. The first kappa shape index (κ1) is 33.3. The SMILES string of the molecule is c1ccc(-c2nc3c4c(ccn3c2-c2ccc(-c3c5ccccc5c(-c5ccc6ccccc6c5)c5ccccc35)cc2)c(-c2ccccc2)nc2ccccc24)cc1. The van der Waals surface area contributed by atoms with E-state index in [1.807, 2.05) is 0 Å². The summed E-state index contributed by atoms with van der Waals surface area (Å²) in [6.45, 7) is 0. The molecule has 9 aromatic carbocycles. The van der Waals surface area contributed by atoms with E-state index in [9.17, 15) is 0 Å². The van der Waals surface area contributed by atoms with Crippen molar-refractivity contribution < 1.29 is 0 Å². The number of benzene rings is 9. The van der Waals surface area contributed by atoms with Gasteiger partial charge in [0.15, 0.2) is 0 Å². The summed E-state index contributed by atoms with van der Waals surface area (Å²) in [6, 6.07) is 74.1. The van der Waals surface area contributed by atoms with Crippen molar-refractivity contribution in [1.82, 2.24) is 14.4 Å². The first-order valence-corrected chi connectivity index (χ1v) is 20.2. The normalized spacial score (nSPS) is 11.7. The summed E-state index contributed by atoms with van der Waals surface area (Å²) in [5.41, 5.74) is 13.0. The van der Waals surface area contributed by atoms with Crippen LogP contribution in [0, 0.1) is 0 Å². The lowest BCUT2D eigenvalue weighted by atomic mass is 9.85. The Morgan fingerprint density at radius 1 is 0.322 bits per heavy atom. The van der Waals surface area contributed by atoms with E-state index in [2.05, 4.69) is 217 Å². The van der Waals surface area contributed by atoms with Gasteiger partial charge in [-0.3, -0.25) is 4.40 Å². The predicted molar refractivity (Wildman–Crippen MR) is 248 cm³/mol. The minimum absolute atomic E-state index is 0.914. The third-order valence-corrected chi connectivity index (χ3v) is 12.0. The highest BCUT2D eigenvalue weighted by Gasteiger charge is 2.22. The average molecular weight is 750 g/mol. The molecule has 0 saturated heterocycles. The van der Waals surface area contributed by atoms with Crippen molar-refractivity contribution in [1.29, 1.82) is 0 Å². The minimum Gasteiger partial charge on any atom is -0.298 e. The molecule has 12 aromatic rings. The van der Waals surface area contributed by atoms with Gasteiger partial charge in [0.1, 0.15) is 5.65 Å². The van der Waals surface area contributed by atoms with Crippen LogP contribution < -0.4 is 0 Å². The molecule has 0 bridgehead atoms. The molecule has 12 rings (SSSR count). The molecule has 0 unspecified atom stereocenters. The number of hydrogen-bond donors (Lipinski definition) is 0. The lowest BCUT2D eigenvalue weighted by Crippen LogP contribution is -1.95. The van der Waals surface area contributed by atoms with E-state index < -0.39 is 0 Å². The second-order valence-electron chi connectivity index (χ2n) is 15.3. The van der Waals surface area contributed by atoms with E-state index in [4.69, 9.17) is 9.97 Å². The zero-order chi connectivity index (χ0) is 38.9. The van der Waals surface area contributed by atoms with Gasteiger partial charge in [-0.05, 0) is 72.8 Å². The zero-order valence-electron chi connectivity index (χ0n) is 32.0. The first-order chi connectivity index (χ1) is 29.3. The fourth-order valence-electron chi connectivity index (χ4n) is 9.31. The second-order valence-corrected chi connectivity index (χ2v) is 15.3. The van der Waals surface area contributed by atoms with Crippen molar-refractivity contribution in [3.63, 3.8) is 0 Å². The third-order valence-electron chi connectivity index (χ3n) is 12.0. The van der Waals surface area contributed by atoms with E-state index in [1.54, 1.807) is 0 Å². The summed E-state index contributed by atoms with van der Waals surface area (Å²) in [5.74, 6) is 0. The highest BCUT2D eigenvalue weighted by molar-refractivity contribution is 6.22. The Balaban J connectivity index is 1.08. The predicted octanol–water partition coefficient (Wildman–Crippen LogP) is 14.8. The first-order valence-electron chi connectivity index (χ1n) is 20.2. The summed E-state index contributed by atoms with van der Waals surface area (Å²) in [5, 5.41) is 10.7. The third kappa shape index (κ3) is 5.29. The Labute approximate surface area is 341 Å². The second kappa shape index (κ2) is 13.4. The van der Waals surface area contributed by atoms with E-state index in [-0.39, 0.29) is 0 Å². The molecule has 3 heteroatoms. The fraction of sp³-hybridized carbons (Fsp3) is 0. The molecule has 0 amide bonds. The molecule has 3 heterocycles. The average Bonchev–Trinajstić information content (AvgIpc) is 3.71. The molecule has 0 spiro atoms. The van der Waals surface area contributed by atoms with Gasteiger partial charge in [-0.2, -0.15) is 0 Å². The Bertz CT molecular complexity index is 3530. The molecule has 0 aliphatic heterocycles. The largest absolute Gasteiger partial charge is 0.298 e. The summed E-state index contributed by atoms with van der Waals surface area (Å²) >= 11 is 0. The number of hydrogen-bond acceptors (Lipinski definition) is 2. The standard InChI is InChI=1S/C56H35N3/c1-3-16-38(17-4-1)53-48-33-34-59-55(54(39-18-5-2-6-19-39)58-56(59)52(48)47-25-13-14-26-49(47)57-53)40-30-28-37(29-31-40)50-43-21-9-11-23-45(43)51(46-24-12-10-22-44(46)50)42-32-27-36-15-7-8-20-41(36)35-42/h1-35H. The number of para-hydroxylation sites is 1. The summed E-state index contributed by atoms with van der Waals surface area (Å²) in [4.78, 5) is 10.7. The molecule has 274 valence electrons. The smallest absolute Gasteiger partial charge is 0.146 e. The van der Waals surface area contributed by atoms with Gasteiger partial charge in [0.05, 0.1) is 22.6 Å². The number of imidazole rings is 1. The summed E-state index contributed by atoms with van der Waals surface area (Å²) in [7, 11) is 0. The van der Waals surface area contributed by atoms with Crippen molar-refractivity contribution in [2.45, 2.75) is 0 Å². The molecule has 0 saturated carbocycles. The van der Waals surface area contributed by atoms with Crippen LogP contribution in [0.1, 0.15) is 0 Å². The van der Waals surface area contributed by atoms with Gasteiger partial charge in [0.2, 0.25) is 0 Å². The van der Waals surface area contributed by atoms with Crippen LogP contribution in [0.4, 0.5) is 0 Å². The fourth-order valence-corrected chi connectivity index (χ4v) is 9.31. The maximum absolute atomic E-state index is 5.53. The Hall–Kier alpha value is -7.88. The van der Waals surface area contributed by atoms with Gasteiger partial charge in [0, 0.05) is 39.0 Å². The minimum atomic E-state index is 0.914. The number of rotatable bonds is 5. The van der Waals surface area contributed by atoms with Crippen LogP contribution in [0.25, 0.3) is 116 Å². The zero-order valence-corrected chi connectivity index (χ0v) is 32.0. The Morgan fingerprint density at radius 3 is 1.49 bits per heavy atom. The quantitative estimate of drug-likeness (QED) is 0.130. The van der Waals surface area contributed by atoms with Crippen LogP contribution in [-0.4, -0.2) is 14.4 Å². The molecular formula is C56H35N3. The van der Waals surface area contributed by atoms with Crippen LogP contribution in [-0.2, 0) is 0 Å². The summed E-state index contributed by atoms with van der Waals surface area (Å²) in [6.07, 6.45) is 2.18. The number of aromatic nitrogens is 3. The van der Waals surface area contributed by atoms with Crippen LogP contribution in [0.2, 0.25) is 0 Å². The van der Waals surface area contributed by atoms with Gasteiger partial charge in [0.25, 0.3) is 0 Å².